The van der Waals surface area contributed by atoms with Crippen molar-refractivity contribution in [3.63, 3.8) is 0 Å². The molecule has 112 valence electrons. The van der Waals surface area contributed by atoms with Crippen molar-refractivity contribution < 1.29 is 14.4 Å². The maximum atomic E-state index is 9.81. The molecule has 0 amide bonds. The molecule has 0 saturated carbocycles. The molecule has 0 aliphatic heterocycles. The van der Waals surface area contributed by atoms with E-state index in [-0.39, 0.29) is 11.1 Å². The van der Waals surface area contributed by atoms with Crippen LogP contribution in [-0.2, 0) is 0 Å². The van der Waals surface area contributed by atoms with Gasteiger partial charge in [0.2, 0.25) is 0 Å². The largest absolute Gasteiger partial charge is 0.431 e. The van der Waals surface area contributed by atoms with Gasteiger partial charge in [-0.3, -0.25) is 0 Å². The Morgan fingerprint density at radius 1 is 0.556 bits per heavy atom. The number of hydrogen-bond donors (Lipinski definition) is 3. The van der Waals surface area contributed by atoms with Gasteiger partial charge in [-0.2, -0.15) is 0 Å². The molecule has 0 radical (unpaired) electrons. The van der Waals surface area contributed by atoms with Gasteiger partial charge in [-0.05, 0) is 28.7 Å². The molecule has 0 saturated heterocycles. The topological polar surface area (TPSA) is 60.7 Å². The minimum Gasteiger partial charge on any atom is -0.431 e. The normalized spacial score (nSPS) is 13.3. The molecule has 0 aliphatic rings. The minimum atomic E-state index is -2.86. The van der Waals surface area contributed by atoms with Gasteiger partial charge in [-0.25, -0.2) is 0 Å². The van der Waals surface area contributed by atoms with Gasteiger partial charge >= 0.3 is 8.56 Å². The van der Waals surface area contributed by atoms with Crippen LogP contribution in [0.2, 0.25) is 28.7 Å². The van der Waals surface area contributed by atoms with E-state index in [1.165, 1.54) is 0 Å². The molecule has 0 bridgehead atoms. The predicted octanol–water partition coefficient (Wildman–Crippen LogP) is 3.61. The summed E-state index contributed by atoms with van der Waals surface area (Å²) < 4.78 is 0. The van der Waals surface area contributed by atoms with E-state index in [9.17, 15) is 14.4 Å². The van der Waals surface area contributed by atoms with Gasteiger partial charge in [-0.15, -0.1) is 0 Å². The average molecular weight is 295 g/mol. The van der Waals surface area contributed by atoms with Crippen LogP contribution in [0.15, 0.2) is 0 Å². The first-order chi connectivity index (χ1) is 7.77. The summed E-state index contributed by atoms with van der Waals surface area (Å²) in [5.41, 5.74) is 1.05. The Labute approximate surface area is 116 Å². The lowest BCUT2D eigenvalue weighted by Crippen LogP contribution is -2.41. The summed E-state index contributed by atoms with van der Waals surface area (Å²) in [6.07, 6.45) is 0. The van der Waals surface area contributed by atoms with Crippen molar-refractivity contribution >= 4 is 16.9 Å². The highest BCUT2D eigenvalue weighted by atomic mass is 28.4. The number of hydrogen-bond acceptors (Lipinski definition) is 3. The van der Waals surface area contributed by atoms with E-state index in [4.69, 9.17) is 0 Å². The maximum absolute atomic E-state index is 9.81. The van der Waals surface area contributed by atoms with Crippen LogP contribution in [0.5, 0.6) is 0 Å². The van der Waals surface area contributed by atoms with Crippen molar-refractivity contribution in [3.8, 4) is 0 Å². The van der Waals surface area contributed by atoms with Gasteiger partial charge in [0.1, 0.15) is 0 Å². The van der Waals surface area contributed by atoms with E-state index in [1.807, 2.05) is 34.2 Å². The van der Waals surface area contributed by atoms with Crippen LogP contribution in [0.25, 0.3) is 0 Å². The maximum Gasteiger partial charge on any atom is 0.338 e. The van der Waals surface area contributed by atoms with E-state index >= 15 is 0 Å². The Morgan fingerprint density at radius 3 is 0.778 bits per heavy atom. The molecule has 5 heteroatoms. The van der Waals surface area contributed by atoms with E-state index in [0.29, 0.717) is 11.1 Å². The zero-order valence-electron chi connectivity index (χ0n) is 13.7. The summed E-state index contributed by atoms with van der Waals surface area (Å²) in [5, 5.41) is 0. The highest BCUT2D eigenvalue weighted by Gasteiger charge is 2.37. The zero-order valence-corrected chi connectivity index (χ0v) is 15.7. The van der Waals surface area contributed by atoms with Crippen LogP contribution in [0.1, 0.15) is 55.4 Å². The Hall–Kier alpha value is 0.314. The standard InChI is InChI=1S/C7H18OSi.C6H16O2Si/c1-6(2)9(5,8)7(3)4;1-5(2)9(7,8)6(3)4/h6-8H,1-5H3;5-8H,1-4H3. The Morgan fingerprint density at radius 2 is 0.778 bits per heavy atom. The van der Waals surface area contributed by atoms with Gasteiger partial charge < -0.3 is 14.4 Å². The minimum absolute atomic E-state index is 0.0394. The fourth-order valence-electron chi connectivity index (χ4n) is 1.33. The van der Waals surface area contributed by atoms with Gasteiger partial charge in [0, 0.05) is 0 Å². The Bertz CT molecular complexity index is 180. The molecule has 0 aromatic rings. The SMILES string of the molecule is CC(C)[Si](C)(O)C(C)C.CC(C)[Si](O)(O)C(C)C. The molecule has 0 spiro atoms. The van der Waals surface area contributed by atoms with E-state index in [0.717, 1.165) is 0 Å². The first-order valence-electron chi connectivity index (χ1n) is 6.94. The molecule has 0 unspecified atom stereocenters. The van der Waals surface area contributed by atoms with Crippen molar-refractivity contribution in [2.45, 2.75) is 84.1 Å². The second kappa shape index (κ2) is 7.79. The molecule has 0 rings (SSSR count). The molecule has 0 aliphatic carbocycles. The van der Waals surface area contributed by atoms with Crippen LogP contribution in [0.3, 0.4) is 0 Å². The third-order valence-corrected chi connectivity index (χ3v) is 12.1. The molecule has 0 aromatic heterocycles. The lowest BCUT2D eigenvalue weighted by molar-refractivity contribution is 0.330. The van der Waals surface area contributed by atoms with Crippen LogP contribution in [0, 0.1) is 0 Å². The monoisotopic (exact) mass is 294 g/mol. The molecule has 18 heavy (non-hydrogen) atoms. The first-order valence-corrected chi connectivity index (χ1v) is 11.6. The average Bonchev–Trinajstić information content (AvgIpc) is 2.17. The van der Waals surface area contributed by atoms with E-state index in [2.05, 4.69) is 27.7 Å². The highest BCUT2D eigenvalue weighted by Crippen LogP contribution is 2.28. The van der Waals surface area contributed by atoms with E-state index in [1.54, 1.807) is 0 Å². The lowest BCUT2D eigenvalue weighted by Gasteiger charge is -2.28. The van der Waals surface area contributed by atoms with Crippen LogP contribution < -0.4 is 0 Å². The summed E-state index contributed by atoms with van der Waals surface area (Å²) in [6, 6.07) is 0. The quantitative estimate of drug-likeness (QED) is 0.694. The predicted molar refractivity (Wildman–Crippen MR) is 84.4 cm³/mol. The smallest absolute Gasteiger partial charge is 0.338 e. The van der Waals surface area contributed by atoms with Crippen molar-refractivity contribution in [2.75, 3.05) is 0 Å². The Kier molecular flexibility index (Phi) is 8.93. The van der Waals surface area contributed by atoms with Crippen molar-refractivity contribution in [3.05, 3.63) is 0 Å². The molecule has 3 N–H and O–H groups in total. The molecular weight excluding hydrogens is 260 g/mol. The Balaban J connectivity index is 0. The fraction of sp³-hybridized carbons (Fsp3) is 1.00. The summed E-state index contributed by atoms with van der Waals surface area (Å²) in [4.78, 5) is 28.5. The highest BCUT2D eigenvalue weighted by molar-refractivity contribution is 6.73. The van der Waals surface area contributed by atoms with Crippen LogP contribution in [-0.4, -0.2) is 31.3 Å². The molecule has 0 heterocycles. The number of rotatable bonds is 4. The summed E-state index contributed by atoms with van der Waals surface area (Å²) in [5.74, 6) is 0. The van der Waals surface area contributed by atoms with Gasteiger partial charge in [0.25, 0.3) is 0 Å². The third-order valence-electron chi connectivity index (χ3n) is 4.04. The molecule has 0 fully saturated rings. The van der Waals surface area contributed by atoms with Gasteiger partial charge in [0.15, 0.2) is 8.32 Å². The zero-order chi connectivity index (χ0) is 15.3. The molecule has 0 aromatic carbocycles. The molecule has 3 nitrogen and oxygen atoms in total. The van der Waals surface area contributed by atoms with E-state index < -0.39 is 16.9 Å². The van der Waals surface area contributed by atoms with Gasteiger partial charge in [-0.1, -0.05) is 55.4 Å². The summed E-state index contributed by atoms with van der Waals surface area (Å²) in [7, 11) is -4.72. The third kappa shape index (κ3) is 6.47. The summed E-state index contributed by atoms with van der Waals surface area (Å²) in [6.45, 7) is 17.9. The first kappa shape index (κ1) is 20.6. The van der Waals surface area contributed by atoms with Crippen molar-refractivity contribution in [2.24, 2.45) is 0 Å². The van der Waals surface area contributed by atoms with Crippen LogP contribution in [0.4, 0.5) is 0 Å². The van der Waals surface area contributed by atoms with Gasteiger partial charge in [0.05, 0.1) is 0 Å². The lowest BCUT2D eigenvalue weighted by atomic mass is 10.5. The van der Waals surface area contributed by atoms with Crippen molar-refractivity contribution in [1.82, 2.24) is 0 Å². The second-order valence-electron chi connectivity index (χ2n) is 6.63. The fourth-order valence-corrected chi connectivity index (χ4v) is 4.00. The molecular formula is C13H34O3Si2. The van der Waals surface area contributed by atoms with Crippen LogP contribution >= 0.6 is 0 Å². The van der Waals surface area contributed by atoms with Crippen molar-refractivity contribution in [1.29, 1.82) is 0 Å². The second-order valence-corrected chi connectivity index (χ2v) is 15.3. The summed E-state index contributed by atoms with van der Waals surface area (Å²) >= 11 is 0. The molecule has 0 atom stereocenters.